The molecule has 0 heterocycles. The maximum absolute atomic E-state index is 11.9. The fourth-order valence-corrected chi connectivity index (χ4v) is 2.62. The molecule has 0 atom stereocenters. The van der Waals surface area contributed by atoms with Crippen LogP contribution in [0.3, 0.4) is 0 Å². The highest BCUT2D eigenvalue weighted by atomic mass is 35.5. The minimum absolute atomic E-state index is 0.372. The third-order valence-corrected chi connectivity index (χ3v) is 4.37. The molecule has 0 saturated heterocycles. The number of carbonyl (C=O) groups is 1. The van der Waals surface area contributed by atoms with Gasteiger partial charge in [0, 0.05) is 16.0 Å². The van der Waals surface area contributed by atoms with Crippen LogP contribution in [-0.4, -0.2) is 14.3 Å². The molecule has 24 heavy (non-hydrogen) atoms. The summed E-state index contributed by atoms with van der Waals surface area (Å²) in [5.41, 5.74) is 4.31. The van der Waals surface area contributed by atoms with Crippen molar-refractivity contribution in [2.24, 2.45) is 0 Å². The van der Waals surface area contributed by atoms with Gasteiger partial charge < -0.3 is 0 Å². The number of benzene rings is 2. The summed E-state index contributed by atoms with van der Waals surface area (Å²) in [7, 11) is -3.80. The summed E-state index contributed by atoms with van der Waals surface area (Å²) in [6, 6.07) is 13.6. The summed E-state index contributed by atoms with van der Waals surface area (Å²) >= 11 is 5.76. The van der Waals surface area contributed by atoms with Crippen LogP contribution in [0.5, 0.6) is 0 Å². The highest BCUT2D eigenvalue weighted by Crippen LogP contribution is 2.11. The fraction of sp³-hybridized carbons (Fsp3) is 0.118. The van der Waals surface area contributed by atoms with Crippen molar-refractivity contribution in [2.75, 3.05) is 0 Å². The van der Waals surface area contributed by atoms with Crippen LogP contribution in [0.25, 0.3) is 6.08 Å². The van der Waals surface area contributed by atoms with E-state index in [1.807, 2.05) is 23.9 Å². The quantitative estimate of drug-likeness (QED) is 0.773. The average Bonchev–Trinajstić information content (AvgIpc) is 2.59. The smallest absolute Gasteiger partial charge is 0.266 e. The molecule has 0 unspecified atom stereocenters. The molecule has 2 N–H and O–H groups in total. The van der Waals surface area contributed by atoms with Gasteiger partial charge in [-0.25, -0.2) is 8.42 Å². The molecule has 2 aromatic rings. The summed E-state index contributed by atoms with van der Waals surface area (Å²) in [5.74, 6) is -0.527. The third kappa shape index (κ3) is 5.49. The van der Waals surface area contributed by atoms with E-state index in [9.17, 15) is 13.2 Å². The van der Waals surface area contributed by atoms with Crippen molar-refractivity contribution >= 4 is 33.6 Å². The number of hydrogen-bond acceptors (Lipinski definition) is 3. The number of nitrogens with one attached hydrogen (secondary N) is 2. The molecule has 0 fully saturated rings. The number of rotatable bonds is 6. The van der Waals surface area contributed by atoms with Crippen molar-refractivity contribution in [3.63, 3.8) is 0 Å². The normalized spacial score (nSPS) is 11.6. The van der Waals surface area contributed by atoms with Gasteiger partial charge >= 0.3 is 0 Å². The largest absolute Gasteiger partial charge is 0.274 e. The van der Waals surface area contributed by atoms with Gasteiger partial charge in [0.2, 0.25) is 0 Å². The third-order valence-electron chi connectivity index (χ3n) is 3.24. The Morgan fingerprint density at radius 1 is 1.08 bits per heavy atom. The van der Waals surface area contributed by atoms with Gasteiger partial charge in [-0.1, -0.05) is 42.8 Å². The molecule has 0 aliphatic rings. The summed E-state index contributed by atoms with van der Waals surface area (Å²) in [6.45, 7) is 2.01. The van der Waals surface area contributed by atoms with E-state index in [-0.39, 0.29) is 0 Å². The SMILES string of the molecule is CCc1ccc(C(=O)NNS(=O)(=O)/C=C/c2ccc(Cl)cc2)cc1. The number of aryl methyl sites for hydroxylation is 1. The Balaban J connectivity index is 1.96. The Hall–Kier alpha value is -2.15. The number of sulfonamides is 1. The lowest BCUT2D eigenvalue weighted by Crippen LogP contribution is -2.40. The van der Waals surface area contributed by atoms with Crippen LogP contribution in [0.2, 0.25) is 5.02 Å². The molecule has 7 heteroatoms. The average molecular weight is 365 g/mol. The summed E-state index contributed by atoms with van der Waals surface area (Å²) < 4.78 is 23.7. The van der Waals surface area contributed by atoms with Gasteiger partial charge in [0.15, 0.2) is 0 Å². The van der Waals surface area contributed by atoms with Crippen molar-refractivity contribution in [2.45, 2.75) is 13.3 Å². The second-order valence-electron chi connectivity index (χ2n) is 5.01. The van der Waals surface area contributed by atoms with E-state index >= 15 is 0 Å². The van der Waals surface area contributed by atoms with Crippen molar-refractivity contribution in [3.05, 3.63) is 75.7 Å². The fourth-order valence-electron chi connectivity index (χ4n) is 1.86. The first kappa shape index (κ1) is 18.2. The summed E-state index contributed by atoms with van der Waals surface area (Å²) in [6.07, 6.45) is 2.27. The monoisotopic (exact) mass is 364 g/mol. The number of amides is 1. The van der Waals surface area contributed by atoms with Crippen molar-refractivity contribution in [1.29, 1.82) is 0 Å². The molecule has 0 spiro atoms. The van der Waals surface area contributed by atoms with E-state index in [0.29, 0.717) is 16.1 Å². The van der Waals surface area contributed by atoms with E-state index in [0.717, 1.165) is 17.4 Å². The van der Waals surface area contributed by atoms with Crippen LogP contribution in [0.1, 0.15) is 28.4 Å². The van der Waals surface area contributed by atoms with Gasteiger partial charge in [0.25, 0.3) is 15.9 Å². The van der Waals surface area contributed by atoms with Gasteiger partial charge in [-0.15, -0.1) is 4.83 Å². The number of hydrogen-bond donors (Lipinski definition) is 2. The molecule has 5 nitrogen and oxygen atoms in total. The van der Waals surface area contributed by atoms with Crippen LogP contribution in [0.4, 0.5) is 0 Å². The second-order valence-corrected chi connectivity index (χ2v) is 7.01. The van der Waals surface area contributed by atoms with Gasteiger partial charge in [0.1, 0.15) is 0 Å². The molecule has 2 aromatic carbocycles. The summed E-state index contributed by atoms with van der Waals surface area (Å²) in [4.78, 5) is 14.0. The number of hydrazine groups is 1. The lowest BCUT2D eigenvalue weighted by molar-refractivity contribution is 0.0945. The highest BCUT2D eigenvalue weighted by molar-refractivity contribution is 7.92. The zero-order valence-electron chi connectivity index (χ0n) is 13.0. The lowest BCUT2D eigenvalue weighted by Gasteiger charge is -2.06. The maximum Gasteiger partial charge on any atom is 0.266 e. The standard InChI is InChI=1S/C17H17ClN2O3S/c1-2-13-3-7-15(8-4-13)17(21)19-20-24(22,23)12-11-14-5-9-16(18)10-6-14/h3-12,20H,2H2,1H3,(H,19,21)/b12-11+. The predicted molar refractivity (Wildman–Crippen MR) is 95.8 cm³/mol. The lowest BCUT2D eigenvalue weighted by atomic mass is 10.1. The zero-order chi connectivity index (χ0) is 17.6. The Morgan fingerprint density at radius 2 is 1.71 bits per heavy atom. The zero-order valence-corrected chi connectivity index (χ0v) is 14.6. The first-order valence-corrected chi connectivity index (χ1v) is 9.17. The molecule has 0 bridgehead atoms. The van der Waals surface area contributed by atoms with E-state index in [1.165, 1.54) is 6.08 Å². The van der Waals surface area contributed by atoms with Gasteiger partial charge in [0.05, 0.1) is 0 Å². The Kier molecular flexibility index (Phi) is 6.14. The van der Waals surface area contributed by atoms with E-state index < -0.39 is 15.9 Å². The molecule has 1 amide bonds. The van der Waals surface area contributed by atoms with Crippen LogP contribution in [0.15, 0.2) is 53.9 Å². The van der Waals surface area contributed by atoms with Crippen LogP contribution >= 0.6 is 11.6 Å². The van der Waals surface area contributed by atoms with Crippen molar-refractivity contribution < 1.29 is 13.2 Å². The molecule has 2 rings (SSSR count). The molecular formula is C17H17ClN2O3S. The minimum atomic E-state index is -3.80. The van der Waals surface area contributed by atoms with Crippen molar-refractivity contribution in [1.82, 2.24) is 10.3 Å². The second kappa shape index (κ2) is 8.10. The Bertz CT molecular complexity index is 829. The molecule has 0 radical (unpaired) electrons. The van der Waals surface area contributed by atoms with Crippen LogP contribution < -0.4 is 10.3 Å². The predicted octanol–water partition coefficient (Wildman–Crippen LogP) is 3.14. The molecule has 0 aliphatic heterocycles. The molecule has 0 saturated carbocycles. The Labute approximate surface area is 146 Å². The Morgan fingerprint density at radius 3 is 2.29 bits per heavy atom. The van der Waals surface area contributed by atoms with Gasteiger partial charge in [-0.2, -0.15) is 0 Å². The molecule has 126 valence electrons. The highest BCUT2D eigenvalue weighted by Gasteiger charge is 2.09. The number of carbonyl (C=O) groups excluding carboxylic acids is 1. The first-order valence-electron chi connectivity index (χ1n) is 7.24. The maximum atomic E-state index is 11.9. The summed E-state index contributed by atoms with van der Waals surface area (Å²) in [5, 5.41) is 1.53. The number of halogens is 1. The topological polar surface area (TPSA) is 75.3 Å². The molecule has 0 aliphatic carbocycles. The molecule has 0 aromatic heterocycles. The van der Waals surface area contributed by atoms with Gasteiger partial charge in [-0.3, -0.25) is 10.2 Å². The van der Waals surface area contributed by atoms with E-state index in [1.54, 1.807) is 36.4 Å². The van der Waals surface area contributed by atoms with E-state index in [4.69, 9.17) is 11.6 Å². The minimum Gasteiger partial charge on any atom is -0.274 e. The van der Waals surface area contributed by atoms with Crippen LogP contribution in [0, 0.1) is 0 Å². The van der Waals surface area contributed by atoms with E-state index in [2.05, 4.69) is 5.43 Å². The first-order chi connectivity index (χ1) is 11.4. The van der Waals surface area contributed by atoms with Crippen LogP contribution in [-0.2, 0) is 16.4 Å². The van der Waals surface area contributed by atoms with Gasteiger partial charge in [-0.05, 0) is 47.9 Å². The van der Waals surface area contributed by atoms with Crippen molar-refractivity contribution in [3.8, 4) is 0 Å². The molecular weight excluding hydrogens is 348 g/mol.